The van der Waals surface area contributed by atoms with Gasteiger partial charge in [-0.25, -0.2) is 12.7 Å². The van der Waals surface area contributed by atoms with Gasteiger partial charge < -0.3 is 10.2 Å². The van der Waals surface area contributed by atoms with Crippen molar-refractivity contribution in [3.63, 3.8) is 0 Å². The van der Waals surface area contributed by atoms with E-state index in [1.54, 1.807) is 17.0 Å². The van der Waals surface area contributed by atoms with E-state index in [0.29, 0.717) is 25.1 Å². The highest BCUT2D eigenvalue weighted by Crippen LogP contribution is 2.26. The number of carbonyl (C=O) groups excluding carboxylic acids is 2. The molecule has 1 atom stereocenters. The van der Waals surface area contributed by atoms with Gasteiger partial charge in [0.1, 0.15) is 0 Å². The number of para-hydroxylation sites is 1. The van der Waals surface area contributed by atoms with Crippen LogP contribution in [0.25, 0.3) is 0 Å². The summed E-state index contributed by atoms with van der Waals surface area (Å²) in [5.74, 6) is -0.878. The summed E-state index contributed by atoms with van der Waals surface area (Å²) in [5.41, 5.74) is 0.819. The predicted octanol–water partition coefficient (Wildman–Crippen LogP) is 3.08. The summed E-state index contributed by atoms with van der Waals surface area (Å²) in [6.45, 7) is 0.730. The van der Waals surface area contributed by atoms with Gasteiger partial charge in [-0.3, -0.25) is 9.59 Å². The van der Waals surface area contributed by atoms with E-state index in [4.69, 9.17) is 11.6 Å². The van der Waals surface area contributed by atoms with E-state index in [9.17, 15) is 18.0 Å². The molecule has 1 aliphatic rings. The second-order valence-electron chi connectivity index (χ2n) is 7.37. The van der Waals surface area contributed by atoms with Crippen molar-refractivity contribution >= 4 is 39.1 Å². The van der Waals surface area contributed by atoms with Crippen molar-refractivity contribution in [3.8, 4) is 0 Å². The van der Waals surface area contributed by atoms with E-state index < -0.39 is 10.0 Å². The van der Waals surface area contributed by atoms with Gasteiger partial charge in [0, 0.05) is 32.9 Å². The maximum Gasteiger partial charge on any atom is 0.255 e. The van der Waals surface area contributed by atoms with Gasteiger partial charge >= 0.3 is 0 Å². The van der Waals surface area contributed by atoms with E-state index in [1.165, 1.54) is 32.3 Å². The quantitative estimate of drug-likeness (QED) is 0.759. The summed E-state index contributed by atoms with van der Waals surface area (Å²) in [7, 11) is -0.854. The van der Waals surface area contributed by atoms with Crippen LogP contribution in [0.15, 0.2) is 53.4 Å². The second-order valence-corrected chi connectivity index (χ2v) is 9.93. The number of nitrogens with one attached hydrogen (secondary N) is 1. The Kier molecular flexibility index (Phi) is 6.80. The van der Waals surface area contributed by atoms with Crippen molar-refractivity contribution in [2.24, 2.45) is 5.92 Å². The van der Waals surface area contributed by atoms with Gasteiger partial charge in [-0.15, -0.1) is 0 Å². The van der Waals surface area contributed by atoms with Gasteiger partial charge in [0.15, 0.2) is 0 Å². The highest BCUT2D eigenvalue weighted by atomic mass is 35.5. The number of nitrogens with zero attached hydrogens (tertiary/aromatic N) is 2. The molecule has 2 aromatic carbocycles. The summed E-state index contributed by atoms with van der Waals surface area (Å²) in [4.78, 5) is 27.3. The molecule has 2 aromatic rings. The zero-order chi connectivity index (χ0) is 21.9. The van der Waals surface area contributed by atoms with Crippen LogP contribution in [0.5, 0.6) is 0 Å². The first kappa shape index (κ1) is 22.3. The van der Waals surface area contributed by atoms with Crippen LogP contribution < -0.4 is 5.32 Å². The molecule has 0 aliphatic carbocycles. The number of amides is 2. The van der Waals surface area contributed by atoms with Crippen molar-refractivity contribution in [1.82, 2.24) is 9.21 Å². The molecule has 1 fully saturated rings. The largest absolute Gasteiger partial charge is 0.338 e. The van der Waals surface area contributed by atoms with Gasteiger partial charge in [0.05, 0.1) is 21.4 Å². The van der Waals surface area contributed by atoms with E-state index >= 15 is 0 Å². The molecule has 1 aliphatic heterocycles. The molecule has 0 aromatic heterocycles. The minimum Gasteiger partial charge on any atom is -0.338 e. The van der Waals surface area contributed by atoms with Gasteiger partial charge in [0.25, 0.3) is 5.91 Å². The summed E-state index contributed by atoms with van der Waals surface area (Å²) >= 11 is 6.21. The molecule has 1 heterocycles. The van der Waals surface area contributed by atoms with Crippen molar-refractivity contribution in [2.75, 3.05) is 32.5 Å². The van der Waals surface area contributed by atoms with Crippen LogP contribution in [0.1, 0.15) is 23.2 Å². The maximum absolute atomic E-state index is 13.1. The Morgan fingerprint density at radius 3 is 2.50 bits per heavy atom. The van der Waals surface area contributed by atoms with E-state index in [1.807, 2.05) is 18.2 Å². The number of piperidine rings is 1. The number of likely N-dealkylation sites (tertiary alicyclic amines) is 1. The molecule has 7 nitrogen and oxygen atoms in total. The number of rotatable bonds is 5. The first-order valence-corrected chi connectivity index (χ1v) is 11.4. The molecule has 2 amide bonds. The fraction of sp³-hybridized carbons (Fsp3) is 0.333. The Bertz CT molecular complexity index is 1040. The SMILES string of the molecule is CN(C)S(=O)(=O)c1ccc(Cl)c(C(=O)N2CCC[C@H](C(=O)Nc3ccccc3)C2)c1. The normalized spacial score (nSPS) is 17.1. The van der Waals surface area contributed by atoms with Crippen molar-refractivity contribution in [1.29, 1.82) is 0 Å². The molecule has 1 N–H and O–H groups in total. The molecular weight excluding hydrogens is 426 g/mol. The third kappa shape index (κ3) is 4.83. The lowest BCUT2D eigenvalue weighted by Crippen LogP contribution is -2.43. The van der Waals surface area contributed by atoms with Gasteiger partial charge in [-0.1, -0.05) is 29.8 Å². The molecule has 160 valence electrons. The topological polar surface area (TPSA) is 86.8 Å². The van der Waals surface area contributed by atoms with Crippen molar-refractivity contribution in [3.05, 3.63) is 59.1 Å². The van der Waals surface area contributed by atoms with E-state index in [0.717, 1.165) is 4.31 Å². The number of halogens is 1. The van der Waals surface area contributed by atoms with Gasteiger partial charge in [0.2, 0.25) is 15.9 Å². The number of sulfonamides is 1. The zero-order valence-corrected chi connectivity index (χ0v) is 18.4. The lowest BCUT2D eigenvalue weighted by molar-refractivity contribution is -0.121. The first-order valence-electron chi connectivity index (χ1n) is 9.57. The fourth-order valence-corrected chi connectivity index (χ4v) is 4.48. The summed E-state index contributed by atoms with van der Waals surface area (Å²) in [5, 5.41) is 3.05. The lowest BCUT2D eigenvalue weighted by Gasteiger charge is -2.32. The fourth-order valence-electron chi connectivity index (χ4n) is 3.35. The number of anilines is 1. The highest BCUT2D eigenvalue weighted by molar-refractivity contribution is 7.89. The number of hydrogen-bond donors (Lipinski definition) is 1. The van der Waals surface area contributed by atoms with Crippen molar-refractivity contribution < 1.29 is 18.0 Å². The van der Waals surface area contributed by atoms with Crippen LogP contribution in [0.2, 0.25) is 5.02 Å². The smallest absolute Gasteiger partial charge is 0.255 e. The molecule has 3 rings (SSSR count). The zero-order valence-electron chi connectivity index (χ0n) is 16.8. The van der Waals surface area contributed by atoms with Gasteiger partial charge in [-0.05, 0) is 43.2 Å². The average molecular weight is 450 g/mol. The Morgan fingerprint density at radius 2 is 1.83 bits per heavy atom. The van der Waals surface area contributed by atoms with Crippen LogP contribution in [0, 0.1) is 5.92 Å². The van der Waals surface area contributed by atoms with E-state index in [2.05, 4.69) is 5.32 Å². The summed E-state index contributed by atoms with van der Waals surface area (Å²) in [6, 6.07) is 13.2. The summed E-state index contributed by atoms with van der Waals surface area (Å²) in [6.07, 6.45) is 1.34. The Balaban J connectivity index is 1.77. The molecule has 30 heavy (non-hydrogen) atoms. The lowest BCUT2D eigenvalue weighted by atomic mass is 9.96. The molecule has 0 saturated carbocycles. The van der Waals surface area contributed by atoms with Crippen LogP contribution >= 0.6 is 11.6 Å². The molecule has 0 spiro atoms. The predicted molar refractivity (Wildman–Crippen MR) is 116 cm³/mol. The number of carbonyl (C=O) groups is 2. The average Bonchev–Trinajstić information content (AvgIpc) is 2.74. The van der Waals surface area contributed by atoms with Crippen molar-refractivity contribution in [2.45, 2.75) is 17.7 Å². The minimum atomic E-state index is -3.70. The van der Waals surface area contributed by atoms with Crippen LogP contribution in [-0.4, -0.2) is 56.6 Å². The third-order valence-electron chi connectivity index (χ3n) is 5.07. The highest BCUT2D eigenvalue weighted by Gasteiger charge is 2.30. The van der Waals surface area contributed by atoms with E-state index in [-0.39, 0.29) is 39.8 Å². The molecule has 1 saturated heterocycles. The van der Waals surface area contributed by atoms with Crippen LogP contribution in [0.3, 0.4) is 0 Å². The van der Waals surface area contributed by atoms with Crippen LogP contribution in [0.4, 0.5) is 5.69 Å². The molecular formula is C21H24ClN3O4S. The standard InChI is InChI=1S/C21H24ClN3O4S/c1-24(2)30(28,29)17-10-11-19(22)18(13-17)21(27)25-12-6-7-15(14-25)20(26)23-16-8-4-3-5-9-16/h3-5,8-11,13,15H,6-7,12,14H2,1-2H3,(H,23,26)/t15-/m0/s1. The minimum absolute atomic E-state index is 0.00405. The number of benzene rings is 2. The summed E-state index contributed by atoms with van der Waals surface area (Å²) < 4.78 is 25.9. The maximum atomic E-state index is 13.1. The molecule has 0 radical (unpaired) electrons. The third-order valence-corrected chi connectivity index (χ3v) is 7.21. The first-order chi connectivity index (χ1) is 14.2. The van der Waals surface area contributed by atoms with Crippen LogP contribution in [-0.2, 0) is 14.8 Å². The molecule has 0 bridgehead atoms. The number of hydrogen-bond acceptors (Lipinski definition) is 4. The Labute approximate surface area is 181 Å². The van der Waals surface area contributed by atoms with Gasteiger partial charge in [-0.2, -0.15) is 0 Å². The Hall–Kier alpha value is -2.42. The molecule has 0 unspecified atom stereocenters. The molecule has 9 heteroatoms. The Morgan fingerprint density at radius 1 is 1.13 bits per heavy atom. The monoisotopic (exact) mass is 449 g/mol. The second kappa shape index (κ2) is 9.16.